The van der Waals surface area contributed by atoms with Gasteiger partial charge in [-0.3, -0.25) is 0 Å². The van der Waals surface area contributed by atoms with Gasteiger partial charge in [-0.25, -0.2) is 0 Å². The van der Waals surface area contributed by atoms with Crippen LogP contribution in [-0.4, -0.2) is 16.4 Å². The van der Waals surface area contributed by atoms with Gasteiger partial charge in [0.2, 0.25) is 0 Å². The molecular formula is C22H16N2O2. The molecule has 0 amide bonds. The van der Waals surface area contributed by atoms with Gasteiger partial charge in [-0.1, -0.05) is 60.7 Å². The Labute approximate surface area is 150 Å². The summed E-state index contributed by atoms with van der Waals surface area (Å²) in [6, 6.07) is 24.5. The van der Waals surface area contributed by atoms with E-state index in [1.807, 2.05) is 48.5 Å². The van der Waals surface area contributed by atoms with Gasteiger partial charge in [0.05, 0.1) is 6.21 Å². The van der Waals surface area contributed by atoms with E-state index in [-0.39, 0.29) is 11.5 Å². The first-order chi connectivity index (χ1) is 12.7. The van der Waals surface area contributed by atoms with Crippen LogP contribution in [0.4, 0.5) is 0 Å². The largest absolute Gasteiger partial charge is 0.508 e. The minimum absolute atomic E-state index is 0.0371. The molecule has 4 nitrogen and oxygen atoms in total. The van der Waals surface area contributed by atoms with E-state index in [4.69, 9.17) is 0 Å². The molecule has 0 unspecified atom stereocenters. The summed E-state index contributed by atoms with van der Waals surface area (Å²) < 4.78 is 0. The summed E-state index contributed by atoms with van der Waals surface area (Å²) in [5.41, 5.74) is 0.405. The lowest BCUT2D eigenvalue weighted by Crippen LogP contribution is -2.01. The Hall–Kier alpha value is -3.66. The number of phenolic OH excluding ortho intramolecular Hbond substituents is 2. The Bertz CT molecular complexity index is 1150. The molecule has 0 bridgehead atoms. The zero-order valence-electron chi connectivity index (χ0n) is 13.9. The quantitative estimate of drug-likeness (QED) is 0.324. The molecule has 26 heavy (non-hydrogen) atoms. The van der Waals surface area contributed by atoms with E-state index in [0.717, 1.165) is 26.9 Å². The van der Waals surface area contributed by atoms with Crippen LogP contribution in [0.1, 0.15) is 5.56 Å². The predicted molar refractivity (Wildman–Crippen MR) is 104 cm³/mol. The van der Waals surface area contributed by atoms with Crippen LogP contribution in [0.2, 0.25) is 0 Å². The highest BCUT2D eigenvalue weighted by atomic mass is 16.3. The first-order valence-electron chi connectivity index (χ1n) is 8.22. The second-order valence-electron chi connectivity index (χ2n) is 5.94. The van der Waals surface area contributed by atoms with Crippen molar-refractivity contribution in [3.8, 4) is 11.5 Å². The second-order valence-corrected chi connectivity index (χ2v) is 5.94. The third-order valence-corrected chi connectivity index (χ3v) is 4.24. The van der Waals surface area contributed by atoms with Crippen molar-refractivity contribution in [1.82, 2.24) is 0 Å². The van der Waals surface area contributed by atoms with Crippen LogP contribution < -0.4 is 5.36 Å². The van der Waals surface area contributed by atoms with Crippen LogP contribution in [0.5, 0.6) is 11.5 Å². The van der Waals surface area contributed by atoms with Crippen LogP contribution in [-0.2, 0) is 0 Å². The SMILES string of the molecule is Oc1ccc(O)c(C=NN=c2c3ccccc3ccc3ccccc23)c1. The fourth-order valence-corrected chi connectivity index (χ4v) is 2.94. The van der Waals surface area contributed by atoms with Gasteiger partial charge in [0.1, 0.15) is 16.9 Å². The van der Waals surface area contributed by atoms with Gasteiger partial charge in [-0.15, -0.1) is 5.10 Å². The molecule has 0 radical (unpaired) electrons. The van der Waals surface area contributed by atoms with E-state index in [1.165, 1.54) is 24.4 Å². The molecule has 0 atom stereocenters. The minimum Gasteiger partial charge on any atom is -0.508 e. The molecule has 2 N–H and O–H groups in total. The monoisotopic (exact) mass is 340 g/mol. The molecule has 126 valence electrons. The van der Waals surface area contributed by atoms with E-state index < -0.39 is 0 Å². The zero-order valence-corrected chi connectivity index (χ0v) is 13.9. The van der Waals surface area contributed by atoms with Crippen molar-refractivity contribution in [1.29, 1.82) is 0 Å². The van der Waals surface area contributed by atoms with Crippen molar-refractivity contribution in [3.63, 3.8) is 0 Å². The molecule has 0 fully saturated rings. The summed E-state index contributed by atoms with van der Waals surface area (Å²) in [6.07, 6.45) is 1.44. The van der Waals surface area contributed by atoms with E-state index in [1.54, 1.807) is 0 Å². The van der Waals surface area contributed by atoms with Crippen molar-refractivity contribution in [2.75, 3.05) is 0 Å². The van der Waals surface area contributed by atoms with Crippen molar-refractivity contribution in [3.05, 3.63) is 89.8 Å². The lowest BCUT2D eigenvalue weighted by atomic mass is 10.1. The lowest BCUT2D eigenvalue weighted by molar-refractivity contribution is 0.459. The number of nitrogens with zero attached hydrogens (tertiary/aromatic N) is 2. The molecule has 0 aliphatic carbocycles. The Morgan fingerprint density at radius 1 is 0.692 bits per heavy atom. The van der Waals surface area contributed by atoms with Crippen molar-refractivity contribution in [2.24, 2.45) is 10.2 Å². The van der Waals surface area contributed by atoms with Gasteiger partial charge in [0, 0.05) is 16.3 Å². The standard InChI is InChI=1S/C22H16N2O2/c25-18-11-12-21(26)17(13-18)14-23-24-22-19-7-3-1-5-15(19)9-10-16-6-2-4-8-20(16)22/h1-14,25-26H. The second kappa shape index (κ2) is 6.69. The molecule has 0 aromatic heterocycles. The fraction of sp³-hybridized carbons (Fsp3) is 0. The number of rotatable bonds is 2. The predicted octanol–water partition coefficient (Wildman–Crippen LogP) is 4.34. The molecule has 0 aliphatic heterocycles. The van der Waals surface area contributed by atoms with Gasteiger partial charge < -0.3 is 10.2 Å². The highest BCUT2D eigenvalue weighted by molar-refractivity contribution is 5.93. The van der Waals surface area contributed by atoms with Crippen LogP contribution in [0.25, 0.3) is 21.5 Å². The molecule has 0 heterocycles. The minimum atomic E-state index is 0.0371. The molecule has 4 aromatic rings. The van der Waals surface area contributed by atoms with E-state index >= 15 is 0 Å². The number of aromatic hydroxyl groups is 2. The van der Waals surface area contributed by atoms with E-state index in [9.17, 15) is 10.2 Å². The van der Waals surface area contributed by atoms with Gasteiger partial charge in [0.25, 0.3) is 0 Å². The molecule has 0 saturated carbocycles. The van der Waals surface area contributed by atoms with Crippen LogP contribution in [0.15, 0.2) is 89.1 Å². The average Bonchev–Trinajstić information content (AvgIpc) is 2.82. The Morgan fingerprint density at radius 3 is 1.96 bits per heavy atom. The van der Waals surface area contributed by atoms with Gasteiger partial charge in [0.15, 0.2) is 0 Å². The number of hydrogen-bond donors (Lipinski definition) is 2. The van der Waals surface area contributed by atoms with Crippen LogP contribution in [0, 0.1) is 0 Å². The summed E-state index contributed by atoms with van der Waals surface area (Å²) in [4.78, 5) is 0. The Kier molecular flexibility index (Phi) is 4.07. The molecule has 0 spiro atoms. The van der Waals surface area contributed by atoms with E-state index in [0.29, 0.717) is 5.56 Å². The van der Waals surface area contributed by atoms with Crippen LogP contribution >= 0.6 is 0 Å². The summed E-state index contributed by atoms with van der Waals surface area (Å²) in [6.45, 7) is 0. The first-order valence-corrected chi connectivity index (χ1v) is 8.22. The highest BCUT2D eigenvalue weighted by Crippen LogP contribution is 2.20. The summed E-state index contributed by atoms with van der Waals surface area (Å²) >= 11 is 0. The van der Waals surface area contributed by atoms with Gasteiger partial charge in [-0.05, 0) is 29.0 Å². The summed E-state index contributed by atoms with van der Waals surface area (Å²) in [7, 11) is 0. The lowest BCUT2D eigenvalue weighted by Gasteiger charge is -1.98. The summed E-state index contributed by atoms with van der Waals surface area (Å²) in [5, 5.41) is 32.9. The normalized spacial score (nSPS) is 11.2. The number of phenols is 2. The van der Waals surface area contributed by atoms with Crippen molar-refractivity contribution < 1.29 is 10.2 Å². The Balaban J connectivity index is 1.98. The summed E-state index contributed by atoms with van der Waals surface area (Å²) in [5.74, 6) is 0.0985. The fourth-order valence-electron chi connectivity index (χ4n) is 2.94. The number of fused-ring (bicyclic) bond motifs is 2. The highest BCUT2D eigenvalue weighted by Gasteiger charge is 2.01. The maximum absolute atomic E-state index is 9.87. The topological polar surface area (TPSA) is 65.2 Å². The third kappa shape index (κ3) is 3.00. The van der Waals surface area contributed by atoms with Crippen molar-refractivity contribution >= 4 is 27.8 Å². The maximum Gasteiger partial charge on any atom is 0.124 e. The van der Waals surface area contributed by atoms with Gasteiger partial charge >= 0.3 is 0 Å². The van der Waals surface area contributed by atoms with E-state index in [2.05, 4.69) is 22.3 Å². The van der Waals surface area contributed by atoms with Crippen molar-refractivity contribution in [2.45, 2.75) is 0 Å². The first kappa shape index (κ1) is 15.8. The average molecular weight is 340 g/mol. The zero-order chi connectivity index (χ0) is 17.9. The molecule has 4 heteroatoms. The molecule has 4 aromatic carbocycles. The van der Waals surface area contributed by atoms with Gasteiger partial charge in [-0.2, -0.15) is 5.10 Å². The molecule has 0 aliphatic rings. The smallest absolute Gasteiger partial charge is 0.124 e. The Morgan fingerprint density at radius 2 is 1.31 bits per heavy atom. The molecule has 0 saturated heterocycles. The van der Waals surface area contributed by atoms with Crippen LogP contribution in [0.3, 0.4) is 0 Å². The third-order valence-electron chi connectivity index (χ3n) is 4.24. The number of benzene rings is 3. The maximum atomic E-state index is 9.87. The number of hydrogen-bond acceptors (Lipinski definition) is 4. The molecule has 4 rings (SSSR count). The molecular weight excluding hydrogens is 324 g/mol.